The highest BCUT2D eigenvalue weighted by Crippen LogP contribution is 2.37. The third kappa shape index (κ3) is 2.79. The molecule has 0 saturated carbocycles. The molecule has 1 amide bonds. The Kier molecular flexibility index (Phi) is 3.79. The van der Waals surface area contributed by atoms with Crippen LogP contribution >= 0.6 is 0 Å². The summed E-state index contributed by atoms with van der Waals surface area (Å²) in [6, 6.07) is 5.53. The molecule has 2 saturated heterocycles. The zero-order valence-corrected chi connectivity index (χ0v) is 14.5. The van der Waals surface area contributed by atoms with E-state index >= 15 is 0 Å². The van der Waals surface area contributed by atoms with Gasteiger partial charge in [-0.3, -0.25) is 9.59 Å². The Balaban J connectivity index is 1.54. The summed E-state index contributed by atoms with van der Waals surface area (Å²) in [4.78, 5) is 27.2. The smallest absolute Gasteiger partial charge is 0.250 e. The molecule has 5 heteroatoms. The zero-order valence-electron chi connectivity index (χ0n) is 14.5. The van der Waals surface area contributed by atoms with Gasteiger partial charge < -0.3 is 14.2 Å². The number of nitrogens with zero attached hydrogens (tertiary/aromatic N) is 2. The van der Waals surface area contributed by atoms with Crippen LogP contribution in [0.1, 0.15) is 44.7 Å². The third-order valence-electron chi connectivity index (χ3n) is 5.84. The maximum absolute atomic E-state index is 13.1. The van der Waals surface area contributed by atoms with Crippen LogP contribution in [0.15, 0.2) is 23.0 Å². The van der Waals surface area contributed by atoms with Gasteiger partial charge in [-0.15, -0.1) is 0 Å². The first kappa shape index (κ1) is 15.9. The molecule has 2 bridgehead atoms. The molecule has 0 radical (unpaired) electrons. The van der Waals surface area contributed by atoms with Gasteiger partial charge >= 0.3 is 0 Å². The number of rotatable bonds is 1. The SMILES string of the molecule is CC1(C)C[C@@H](C(=O)N2C[C@H]3C[C@@H](C2)c2cccc(=O)n2C3)CCO1. The number of likely N-dealkylation sites (tertiary alicyclic amines) is 1. The van der Waals surface area contributed by atoms with Crippen molar-refractivity contribution in [1.82, 2.24) is 9.47 Å². The Bertz CT molecular complexity index is 709. The van der Waals surface area contributed by atoms with E-state index in [1.807, 2.05) is 16.7 Å². The number of piperidine rings is 1. The topological polar surface area (TPSA) is 51.5 Å². The van der Waals surface area contributed by atoms with Crippen LogP contribution in [0.5, 0.6) is 0 Å². The predicted octanol–water partition coefficient (Wildman–Crippen LogP) is 2.00. The Morgan fingerprint density at radius 3 is 2.88 bits per heavy atom. The number of carbonyl (C=O) groups excluding carboxylic acids is 1. The van der Waals surface area contributed by atoms with Crippen molar-refractivity contribution in [3.8, 4) is 0 Å². The number of amides is 1. The Morgan fingerprint density at radius 1 is 1.25 bits per heavy atom. The van der Waals surface area contributed by atoms with E-state index in [-0.39, 0.29) is 23.0 Å². The van der Waals surface area contributed by atoms with Gasteiger partial charge in [0.25, 0.3) is 5.56 Å². The average molecular weight is 330 g/mol. The third-order valence-corrected chi connectivity index (χ3v) is 5.84. The van der Waals surface area contributed by atoms with Gasteiger partial charge in [0.2, 0.25) is 5.91 Å². The van der Waals surface area contributed by atoms with Crippen molar-refractivity contribution in [3.05, 3.63) is 34.2 Å². The van der Waals surface area contributed by atoms with Gasteiger partial charge in [-0.1, -0.05) is 6.07 Å². The fraction of sp³-hybridized carbons (Fsp3) is 0.684. The fourth-order valence-electron chi connectivity index (χ4n) is 4.78. The second-order valence-electron chi connectivity index (χ2n) is 8.24. The van der Waals surface area contributed by atoms with Crippen molar-refractivity contribution in [2.45, 2.75) is 51.2 Å². The molecule has 3 aliphatic heterocycles. The lowest BCUT2D eigenvalue weighted by Crippen LogP contribution is -2.52. The summed E-state index contributed by atoms with van der Waals surface area (Å²) in [6.07, 6.45) is 2.71. The fourth-order valence-corrected chi connectivity index (χ4v) is 4.78. The quantitative estimate of drug-likeness (QED) is 0.791. The summed E-state index contributed by atoms with van der Waals surface area (Å²) in [5, 5.41) is 0. The van der Waals surface area contributed by atoms with Crippen LogP contribution in [-0.2, 0) is 16.1 Å². The lowest BCUT2D eigenvalue weighted by molar-refractivity contribution is -0.148. The summed E-state index contributed by atoms with van der Waals surface area (Å²) in [7, 11) is 0. The highest BCUT2D eigenvalue weighted by atomic mass is 16.5. The first-order valence-corrected chi connectivity index (χ1v) is 9.05. The molecular formula is C19H26N2O3. The van der Waals surface area contributed by atoms with E-state index in [9.17, 15) is 9.59 Å². The molecule has 5 nitrogen and oxygen atoms in total. The molecule has 0 unspecified atom stereocenters. The van der Waals surface area contributed by atoms with Gasteiger partial charge in [0, 0.05) is 49.8 Å². The maximum atomic E-state index is 13.1. The van der Waals surface area contributed by atoms with E-state index in [4.69, 9.17) is 4.74 Å². The number of hydrogen-bond donors (Lipinski definition) is 0. The van der Waals surface area contributed by atoms with Gasteiger partial charge in [0.1, 0.15) is 0 Å². The summed E-state index contributed by atoms with van der Waals surface area (Å²) >= 11 is 0. The molecule has 3 aliphatic rings. The minimum atomic E-state index is -0.204. The molecule has 24 heavy (non-hydrogen) atoms. The molecule has 130 valence electrons. The van der Waals surface area contributed by atoms with Crippen molar-refractivity contribution < 1.29 is 9.53 Å². The van der Waals surface area contributed by atoms with Crippen molar-refractivity contribution in [1.29, 1.82) is 0 Å². The number of ether oxygens (including phenoxy) is 1. The van der Waals surface area contributed by atoms with E-state index in [1.165, 1.54) is 0 Å². The van der Waals surface area contributed by atoms with Gasteiger partial charge in [-0.25, -0.2) is 0 Å². The van der Waals surface area contributed by atoms with Crippen LogP contribution in [0, 0.1) is 11.8 Å². The van der Waals surface area contributed by atoms with Gasteiger partial charge in [0.05, 0.1) is 5.60 Å². The van der Waals surface area contributed by atoms with Crippen molar-refractivity contribution in [3.63, 3.8) is 0 Å². The van der Waals surface area contributed by atoms with E-state index in [0.29, 0.717) is 18.4 Å². The second-order valence-corrected chi connectivity index (χ2v) is 8.24. The highest BCUT2D eigenvalue weighted by molar-refractivity contribution is 5.79. The number of aromatic nitrogens is 1. The second kappa shape index (κ2) is 5.73. The van der Waals surface area contributed by atoms with Crippen LogP contribution in [0.4, 0.5) is 0 Å². The zero-order chi connectivity index (χ0) is 16.9. The van der Waals surface area contributed by atoms with Gasteiger partial charge in [0.15, 0.2) is 0 Å². The van der Waals surface area contributed by atoms with Gasteiger partial charge in [-0.2, -0.15) is 0 Å². The van der Waals surface area contributed by atoms with Crippen LogP contribution in [0.2, 0.25) is 0 Å². The van der Waals surface area contributed by atoms with Crippen LogP contribution in [0.3, 0.4) is 0 Å². The molecule has 2 fully saturated rings. The Labute approximate surface area is 142 Å². The molecule has 0 aromatic carbocycles. The number of pyridine rings is 1. The van der Waals surface area contributed by atoms with E-state index in [2.05, 4.69) is 18.7 Å². The monoisotopic (exact) mass is 330 g/mol. The minimum absolute atomic E-state index is 0.0746. The number of carbonyl (C=O) groups is 1. The lowest BCUT2D eigenvalue weighted by Gasteiger charge is -2.45. The molecule has 0 aliphatic carbocycles. The van der Waals surface area contributed by atoms with E-state index in [1.54, 1.807) is 6.07 Å². The van der Waals surface area contributed by atoms with E-state index in [0.717, 1.165) is 44.6 Å². The largest absolute Gasteiger partial charge is 0.376 e. The first-order valence-electron chi connectivity index (χ1n) is 9.05. The predicted molar refractivity (Wildman–Crippen MR) is 90.9 cm³/mol. The summed E-state index contributed by atoms with van der Waals surface area (Å²) < 4.78 is 7.67. The summed E-state index contributed by atoms with van der Waals surface area (Å²) in [6.45, 7) is 7.08. The Morgan fingerprint density at radius 2 is 2.08 bits per heavy atom. The molecule has 4 rings (SSSR count). The minimum Gasteiger partial charge on any atom is -0.376 e. The molecule has 3 atom stereocenters. The van der Waals surface area contributed by atoms with Crippen molar-refractivity contribution in [2.24, 2.45) is 11.8 Å². The molecule has 0 spiro atoms. The molecule has 0 N–H and O–H groups in total. The number of fused-ring (bicyclic) bond motifs is 4. The first-order chi connectivity index (χ1) is 11.4. The molecular weight excluding hydrogens is 304 g/mol. The van der Waals surface area contributed by atoms with Crippen LogP contribution in [0.25, 0.3) is 0 Å². The lowest BCUT2D eigenvalue weighted by atomic mass is 9.81. The van der Waals surface area contributed by atoms with Crippen molar-refractivity contribution >= 4 is 5.91 Å². The molecule has 1 aromatic rings. The maximum Gasteiger partial charge on any atom is 0.250 e. The van der Waals surface area contributed by atoms with Crippen LogP contribution in [-0.4, -0.2) is 40.7 Å². The highest BCUT2D eigenvalue weighted by Gasteiger charge is 2.40. The Hall–Kier alpha value is -1.62. The van der Waals surface area contributed by atoms with E-state index < -0.39 is 0 Å². The number of hydrogen-bond acceptors (Lipinski definition) is 3. The summed E-state index contributed by atoms with van der Waals surface area (Å²) in [5.74, 6) is 1.05. The standard InChI is InChI=1S/C19H26N2O3/c1-19(2)9-14(6-7-24-19)18(23)20-10-13-8-15(12-20)16-4-3-5-17(22)21(16)11-13/h3-5,13-15H,6-12H2,1-2H3/t13-,14+,15+/m1/s1. The normalized spacial score (nSPS) is 31.4. The summed E-state index contributed by atoms with van der Waals surface area (Å²) in [5.41, 5.74) is 0.987. The van der Waals surface area contributed by atoms with Gasteiger partial charge in [-0.05, 0) is 45.1 Å². The molecule has 1 aromatic heterocycles. The van der Waals surface area contributed by atoms with Crippen LogP contribution < -0.4 is 5.56 Å². The molecule has 4 heterocycles. The average Bonchev–Trinajstić information content (AvgIpc) is 2.54. The van der Waals surface area contributed by atoms with Crippen molar-refractivity contribution in [2.75, 3.05) is 19.7 Å².